The summed E-state index contributed by atoms with van der Waals surface area (Å²) in [5.74, 6) is -1.95. The molecule has 2 aliphatic heterocycles. The second kappa shape index (κ2) is 11.1. The van der Waals surface area contributed by atoms with Gasteiger partial charge in [-0.25, -0.2) is 4.98 Å². The molecule has 1 amide bonds. The first kappa shape index (κ1) is 28.5. The smallest absolute Gasteiger partial charge is 0.221 e. The predicted octanol–water partition coefficient (Wildman–Crippen LogP) is 4.83. The third kappa shape index (κ3) is 6.42. The monoisotopic (exact) mass is 515 g/mol. The topological polar surface area (TPSA) is 116 Å². The fraction of sp³-hybridized carbons (Fsp3) is 0.714. The average molecular weight is 516 g/mol. The van der Waals surface area contributed by atoms with Gasteiger partial charge in [-0.15, -0.1) is 11.3 Å². The summed E-state index contributed by atoms with van der Waals surface area (Å²) in [6.07, 6.45) is 4.27. The number of rotatable bonds is 2. The molecule has 0 aliphatic carbocycles. The Labute approximate surface area is 219 Å². The molecule has 198 valence electrons. The van der Waals surface area contributed by atoms with E-state index in [-0.39, 0.29) is 41.8 Å². The summed E-state index contributed by atoms with van der Waals surface area (Å²) in [4.78, 5) is 31.1. The van der Waals surface area contributed by atoms with Crippen LogP contribution in [0.4, 0.5) is 0 Å². The third-order valence-electron chi connectivity index (χ3n) is 8.28. The van der Waals surface area contributed by atoms with E-state index in [1.54, 1.807) is 32.1 Å². The fourth-order valence-corrected chi connectivity index (χ4v) is 5.98. The Kier molecular flexibility index (Phi) is 8.80. The lowest BCUT2D eigenvalue weighted by molar-refractivity contribution is -0.138. The molecular formula is C28H41N3O4S. The highest BCUT2D eigenvalue weighted by molar-refractivity contribution is 7.09. The molecule has 2 fully saturated rings. The number of aromatic nitrogens is 1. The number of aliphatic hydroxyl groups is 1. The highest BCUT2D eigenvalue weighted by Crippen LogP contribution is 2.44. The molecule has 36 heavy (non-hydrogen) atoms. The molecule has 0 spiro atoms. The molecule has 0 saturated carbocycles. The number of Topliss-reactive ketones (excluding diaryl/α,β-unsaturated/α-hetero) is 1. The van der Waals surface area contributed by atoms with Crippen LogP contribution in [0.2, 0.25) is 0 Å². The van der Waals surface area contributed by atoms with Gasteiger partial charge in [0, 0.05) is 29.6 Å². The summed E-state index contributed by atoms with van der Waals surface area (Å²) in [7, 11) is 0. The molecule has 2 saturated heterocycles. The Hall–Kier alpha value is -2.08. The van der Waals surface area contributed by atoms with Crippen molar-refractivity contribution in [3.63, 3.8) is 0 Å². The molecule has 8 heteroatoms. The van der Waals surface area contributed by atoms with E-state index in [9.17, 15) is 20.0 Å². The number of ketones is 1. The highest BCUT2D eigenvalue weighted by atomic mass is 32.1. The quantitative estimate of drug-likeness (QED) is 0.545. The Morgan fingerprint density at radius 1 is 1.33 bits per heavy atom. The number of carbonyl (C=O) groups is 2. The number of hydrogen-bond acceptors (Lipinski definition) is 7. The first-order chi connectivity index (χ1) is 16.8. The van der Waals surface area contributed by atoms with Crippen molar-refractivity contribution in [2.45, 2.75) is 104 Å². The van der Waals surface area contributed by atoms with Crippen LogP contribution in [0.25, 0.3) is 6.08 Å². The van der Waals surface area contributed by atoms with Crippen LogP contribution in [0.15, 0.2) is 11.0 Å². The average Bonchev–Trinajstić information content (AvgIpc) is 3.26. The summed E-state index contributed by atoms with van der Waals surface area (Å²) >= 11 is 1.58. The van der Waals surface area contributed by atoms with Gasteiger partial charge in [-0.3, -0.25) is 9.59 Å². The van der Waals surface area contributed by atoms with Gasteiger partial charge in [0.1, 0.15) is 5.78 Å². The molecule has 0 aromatic carbocycles. The van der Waals surface area contributed by atoms with Gasteiger partial charge in [0.15, 0.2) is 0 Å². The van der Waals surface area contributed by atoms with E-state index in [1.165, 1.54) is 0 Å². The zero-order valence-electron chi connectivity index (χ0n) is 22.6. The van der Waals surface area contributed by atoms with Crippen molar-refractivity contribution in [3.8, 4) is 6.07 Å². The summed E-state index contributed by atoms with van der Waals surface area (Å²) in [6, 6.07) is 1.94. The van der Waals surface area contributed by atoms with Gasteiger partial charge in [0.05, 0.1) is 46.5 Å². The van der Waals surface area contributed by atoms with Crippen molar-refractivity contribution in [1.29, 1.82) is 5.26 Å². The van der Waals surface area contributed by atoms with Crippen LogP contribution in [0.1, 0.15) is 84.3 Å². The number of epoxide rings is 1. The highest BCUT2D eigenvalue weighted by Gasteiger charge is 2.52. The number of fused-ring (bicyclic) bond motifs is 1. The number of nitrogens with one attached hydrogen (secondary N) is 1. The Morgan fingerprint density at radius 3 is 2.64 bits per heavy atom. The maximum absolute atomic E-state index is 13.4. The molecular weight excluding hydrogens is 474 g/mol. The Bertz CT molecular complexity index is 1040. The summed E-state index contributed by atoms with van der Waals surface area (Å²) < 4.78 is 6.11. The molecule has 1 aromatic rings. The van der Waals surface area contributed by atoms with Crippen molar-refractivity contribution in [1.82, 2.24) is 10.3 Å². The lowest BCUT2D eigenvalue weighted by Crippen LogP contribution is -2.44. The number of hydrogen-bond donors (Lipinski definition) is 2. The molecule has 1 aromatic heterocycles. The van der Waals surface area contributed by atoms with Crippen LogP contribution in [0.3, 0.4) is 0 Å². The fourth-order valence-electron chi connectivity index (χ4n) is 5.41. The first-order valence-electron chi connectivity index (χ1n) is 13.0. The number of ether oxygens (including phenoxy) is 1. The minimum Gasteiger partial charge on any atom is -0.392 e. The largest absolute Gasteiger partial charge is 0.392 e. The van der Waals surface area contributed by atoms with Crippen molar-refractivity contribution in [2.24, 2.45) is 23.2 Å². The molecule has 2 N–H and O–H groups in total. The number of thiazole rings is 1. The maximum Gasteiger partial charge on any atom is 0.221 e. The number of nitriles is 1. The van der Waals surface area contributed by atoms with E-state index in [1.807, 2.05) is 32.2 Å². The van der Waals surface area contributed by atoms with Crippen LogP contribution < -0.4 is 5.32 Å². The number of aryl methyl sites for hydroxylation is 1. The van der Waals surface area contributed by atoms with Gasteiger partial charge in [0.25, 0.3) is 0 Å². The SMILES string of the molecule is C/C(=C\c1csc(C)n1)[C@@H]1CC2O[C@]2(C)CCC[C@H](C)[C@H](O)C(C)C(=O)C(C)(C)[C@H](C#N)CC(=O)N1. The Balaban J connectivity index is 1.89. The molecule has 3 heterocycles. The summed E-state index contributed by atoms with van der Waals surface area (Å²) in [6.45, 7) is 13.2. The molecule has 7 nitrogen and oxygen atoms in total. The van der Waals surface area contributed by atoms with Gasteiger partial charge in [-0.1, -0.05) is 34.1 Å². The second-order valence-corrected chi connectivity index (χ2v) is 12.6. The standard InChI is InChI=1S/C28H41N3O4S/c1-16-9-8-10-28(7)23(35-28)13-22(17(2)11-21-15-36-19(4)30-21)31-24(32)12-20(14-29)27(5,6)26(34)18(3)25(16)33/h11,15-16,18,20,22-23,25,33H,8-10,12-13H2,1-7H3,(H,31,32)/b17-11+/t16-,18?,20-,22-,23?,25-,28+/m0/s1. The van der Waals surface area contributed by atoms with E-state index in [4.69, 9.17) is 4.74 Å². The van der Waals surface area contributed by atoms with Gasteiger partial charge >= 0.3 is 0 Å². The van der Waals surface area contributed by atoms with Crippen LogP contribution in [0, 0.1) is 41.4 Å². The first-order valence-corrected chi connectivity index (χ1v) is 13.9. The van der Waals surface area contributed by atoms with Gasteiger partial charge in [0.2, 0.25) is 5.91 Å². The zero-order chi connectivity index (χ0) is 26.8. The van der Waals surface area contributed by atoms with E-state index >= 15 is 0 Å². The lowest BCUT2D eigenvalue weighted by Gasteiger charge is -2.34. The van der Waals surface area contributed by atoms with Crippen molar-refractivity contribution in [2.75, 3.05) is 0 Å². The number of carbonyl (C=O) groups excluding carboxylic acids is 2. The van der Waals surface area contributed by atoms with Crippen LogP contribution >= 0.6 is 11.3 Å². The minimum atomic E-state index is -1.07. The van der Waals surface area contributed by atoms with E-state index < -0.39 is 23.4 Å². The van der Waals surface area contributed by atoms with Crippen LogP contribution in [-0.2, 0) is 14.3 Å². The molecule has 0 radical (unpaired) electrons. The third-order valence-corrected chi connectivity index (χ3v) is 9.07. The molecule has 2 unspecified atom stereocenters. The molecule has 7 atom stereocenters. The number of aliphatic hydroxyl groups excluding tert-OH is 1. The number of nitrogens with zero attached hydrogens (tertiary/aromatic N) is 2. The Morgan fingerprint density at radius 2 is 2.03 bits per heavy atom. The molecule has 2 aliphatic rings. The van der Waals surface area contributed by atoms with E-state index in [0.717, 1.165) is 35.5 Å². The second-order valence-electron chi connectivity index (χ2n) is 11.6. The van der Waals surface area contributed by atoms with Crippen molar-refractivity contribution >= 4 is 29.1 Å². The lowest BCUT2D eigenvalue weighted by atomic mass is 9.69. The minimum absolute atomic E-state index is 0.0140. The van der Waals surface area contributed by atoms with Crippen LogP contribution in [-0.4, -0.2) is 45.6 Å². The number of amides is 1. The molecule has 3 rings (SSSR count). The van der Waals surface area contributed by atoms with Crippen molar-refractivity contribution < 1.29 is 19.4 Å². The van der Waals surface area contributed by atoms with Crippen molar-refractivity contribution in [3.05, 3.63) is 21.7 Å². The van der Waals surface area contributed by atoms with Gasteiger partial charge < -0.3 is 15.2 Å². The normalized spacial score (nSPS) is 36.5. The predicted molar refractivity (Wildman–Crippen MR) is 141 cm³/mol. The summed E-state index contributed by atoms with van der Waals surface area (Å²) in [5.41, 5.74) is 0.502. The van der Waals surface area contributed by atoms with Gasteiger partial charge in [-0.05, 0) is 51.2 Å². The van der Waals surface area contributed by atoms with E-state index in [0.29, 0.717) is 6.42 Å². The summed E-state index contributed by atoms with van der Waals surface area (Å²) in [5, 5.41) is 26.9. The molecule has 0 bridgehead atoms. The van der Waals surface area contributed by atoms with Crippen LogP contribution in [0.5, 0.6) is 0 Å². The zero-order valence-corrected chi connectivity index (χ0v) is 23.4. The maximum atomic E-state index is 13.4. The van der Waals surface area contributed by atoms with E-state index in [2.05, 4.69) is 23.3 Å². The van der Waals surface area contributed by atoms with Gasteiger partial charge in [-0.2, -0.15) is 5.26 Å².